The van der Waals surface area contributed by atoms with Gasteiger partial charge >= 0.3 is 0 Å². The quantitative estimate of drug-likeness (QED) is 0.855. The fraction of sp³-hybridized carbons (Fsp3) is 0.692. The van der Waals surface area contributed by atoms with Crippen LogP contribution in [0.3, 0.4) is 0 Å². The van der Waals surface area contributed by atoms with E-state index >= 15 is 0 Å². The lowest BCUT2D eigenvalue weighted by Gasteiger charge is -2.37. The molecule has 2 rings (SSSR count). The summed E-state index contributed by atoms with van der Waals surface area (Å²) in [6.45, 7) is 4.22. The summed E-state index contributed by atoms with van der Waals surface area (Å²) in [7, 11) is 1.75. The average molecular weight is 235 g/mol. The molecule has 0 bridgehead atoms. The molecule has 1 aromatic heterocycles. The van der Waals surface area contributed by atoms with Crippen molar-refractivity contribution in [3.05, 3.63) is 17.6 Å². The molecule has 1 aliphatic rings. The van der Waals surface area contributed by atoms with Gasteiger partial charge in [0, 0.05) is 18.9 Å². The first-order chi connectivity index (χ1) is 8.05. The molecular formula is C13H21N3O. The van der Waals surface area contributed by atoms with Gasteiger partial charge in [-0.25, -0.2) is 9.97 Å². The van der Waals surface area contributed by atoms with Crippen molar-refractivity contribution >= 4 is 5.82 Å². The number of nitrogens with zero attached hydrogens (tertiary/aromatic N) is 2. The Morgan fingerprint density at radius 1 is 1.35 bits per heavy atom. The first kappa shape index (κ1) is 12.3. The highest BCUT2D eigenvalue weighted by Crippen LogP contribution is 2.40. The lowest BCUT2D eigenvalue weighted by Crippen LogP contribution is -2.35. The highest BCUT2D eigenvalue weighted by Gasteiger charge is 2.38. The molecule has 0 radical (unpaired) electrons. The minimum absolute atomic E-state index is 0.327. The van der Waals surface area contributed by atoms with E-state index in [0.717, 1.165) is 43.1 Å². The Morgan fingerprint density at radius 3 is 2.53 bits per heavy atom. The highest BCUT2D eigenvalue weighted by molar-refractivity contribution is 5.30. The normalized spacial score (nSPS) is 29.2. The van der Waals surface area contributed by atoms with Crippen LogP contribution in [-0.4, -0.2) is 17.1 Å². The van der Waals surface area contributed by atoms with Crippen molar-refractivity contribution < 1.29 is 4.74 Å². The van der Waals surface area contributed by atoms with E-state index in [-0.39, 0.29) is 5.60 Å². The topological polar surface area (TPSA) is 61.0 Å². The molecule has 4 nitrogen and oxygen atoms in total. The van der Waals surface area contributed by atoms with Crippen LogP contribution in [0.25, 0.3) is 0 Å². The predicted molar refractivity (Wildman–Crippen MR) is 67.5 cm³/mol. The Labute approximate surface area is 103 Å². The second-order valence-corrected chi connectivity index (χ2v) is 5.14. The summed E-state index contributed by atoms with van der Waals surface area (Å²) in [4.78, 5) is 8.88. The minimum atomic E-state index is -0.327. The number of aryl methyl sites for hydroxylation is 1. The molecule has 0 spiro atoms. The van der Waals surface area contributed by atoms with Crippen molar-refractivity contribution in [2.75, 3.05) is 12.8 Å². The smallest absolute Gasteiger partial charge is 0.162 e. The van der Waals surface area contributed by atoms with E-state index in [4.69, 9.17) is 10.5 Å². The van der Waals surface area contributed by atoms with Crippen LogP contribution < -0.4 is 5.73 Å². The molecule has 2 N–H and O–H groups in total. The van der Waals surface area contributed by atoms with Crippen molar-refractivity contribution in [1.29, 1.82) is 0 Å². The van der Waals surface area contributed by atoms with Crippen LogP contribution in [0.4, 0.5) is 5.82 Å². The second kappa shape index (κ2) is 4.61. The molecule has 94 valence electrons. The van der Waals surface area contributed by atoms with Crippen LogP contribution in [0.15, 0.2) is 6.07 Å². The Kier molecular flexibility index (Phi) is 3.33. The Balaban J connectivity index is 2.34. The van der Waals surface area contributed by atoms with Crippen molar-refractivity contribution in [1.82, 2.24) is 9.97 Å². The number of hydrogen-bond donors (Lipinski definition) is 1. The maximum atomic E-state index is 5.80. The van der Waals surface area contributed by atoms with Gasteiger partial charge in [-0.15, -0.1) is 0 Å². The minimum Gasteiger partial charge on any atom is -0.384 e. The molecule has 0 saturated heterocycles. The first-order valence-corrected chi connectivity index (χ1v) is 6.22. The summed E-state index contributed by atoms with van der Waals surface area (Å²) in [5.41, 5.74) is 6.38. The molecule has 0 unspecified atom stereocenters. The Bertz CT molecular complexity index is 377. The summed E-state index contributed by atoms with van der Waals surface area (Å²) in [5, 5.41) is 0. The number of anilines is 1. The van der Waals surface area contributed by atoms with E-state index in [2.05, 4.69) is 16.9 Å². The lowest BCUT2D eigenvalue weighted by molar-refractivity contribution is -0.0597. The number of nitrogen functional groups attached to an aromatic ring is 1. The Morgan fingerprint density at radius 2 is 2.00 bits per heavy atom. The standard InChI is InChI=1S/C13H21N3O/c1-9-4-6-13(17-3,7-5-9)12-15-10(2)8-11(14)16-12/h8-9H,4-7H2,1-3H3,(H2,14,15,16). The van der Waals surface area contributed by atoms with Gasteiger partial charge in [-0.05, 0) is 38.5 Å². The van der Waals surface area contributed by atoms with E-state index in [1.807, 2.05) is 6.92 Å². The first-order valence-electron chi connectivity index (χ1n) is 6.22. The SMILES string of the molecule is COC1(c2nc(C)cc(N)n2)CCC(C)CC1. The highest BCUT2D eigenvalue weighted by atomic mass is 16.5. The van der Waals surface area contributed by atoms with Gasteiger partial charge < -0.3 is 10.5 Å². The van der Waals surface area contributed by atoms with Crippen LogP contribution in [0.2, 0.25) is 0 Å². The van der Waals surface area contributed by atoms with Gasteiger partial charge in [-0.3, -0.25) is 0 Å². The fourth-order valence-electron chi connectivity index (χ4n) is 2.54. The third-order valence-electron chi connectivity index (χ3n) is 3.75. The van der Waals surface area contributed by atoms with Crippen LogP contribution in [-0.2, 0) is 10.3 Å². The van der Waals surface area contributed by atoms with Gasteiger partial charge in [0.05, 0.1) is 0 Å². The molecular weight excluding hydrogens is 214 g/mol. The zero-order valence-electron chi connectivity index (χ0n) is 10.9. The molecule has 1 aromatic rings. The van der Waals surface area contributed by atoms with Crippen LogP contribution in [0, 0.1) is 12.8 Å². The van der Waals surface area contributed by atoms with E-state index in [1.54, 1.807) is 13.2 Å². The van der Waals surface area contributed by atoms with Gasteiger partial charge in [0.25, 0.3) is 0 Å². The number of ether oxygens (including phenoxy) is 1. The maximum Gasteiger partial charge on any atom is 0.162 e. The molecule has 0 aromatic carbocycles. The Hall–Kier alpha value is -1.16. The van der Waals surface area contributed by atoms with Crippen LogP contribution in [0.1, 0.15) is 44.1 Å². The van der Waals surface area contributed by atoms with E-state index < -0.39 is 0 Å². The van der Waals surface area contributed by atoms with Gasteiger partial charge in [0.2, 0.25) is 0 Å². The average Bonchev–Trinajstić information content (AvgIpc) is 2.29. The zero-order valence-corrected chi connectivity index (χ0v) is 10.9. The molecule has 1 fully saturated rings. The van der Waals surface area contributed by atoms with E-state index in [1.165, 1.54) is 0 Å². The number of methoxy groups -OCH3 is 1. The van der Waals surface area contributed by atoms with Gasteiger partial charge in [-0.1, -0.05) is 6.92 Å². The molecule has 0 aliphatic heterocycles. The van der Waals surface area contributed by atoms with Crippen molar-refractivity contribution in [3.63, 3.8) is 0 Å². The van der Waals surface area contributed by atoms with Crippen LogP contribution >= 0.6 is 0 Å². The van der Waals surface area contributed by atoms with E-state index in [0.29, 0.717) is 5.82 Å². The van der Waals surface area contributed by atoms with Crippen molar-refractivity contribution in [3.8, 4) is 0 Å². The van der Waals surface area contributed by atoms with Crippen molar-refractivity contribution in [2.24, 2.45) is 5.92 Å². The number of aromatic nitrogens is 2. The summed E-state index contributed by atoms with van der Waals surface area (Å²) >= 11 is 0. The molecule has 0 atom stereocenters. The monoisotopic (exact) mass is 235 g/mol. The predicted octanol–water partition coefficient (Wildman–Crippen LogP) is 2.42. The third-order valence-corrected chi connectivity index (χ3v) is 3.75. The molecule has 1 heterocycles. The number of hydrogen-bond acceptors (Lipinski definition) is 4. The third kappa shape index (κ3) is 2.41. The molecule has 4 heteroatoms. The number of rotatable bonds is 2. The van der Waals surface area contributed by atoms with Gasteiger partial charge in [-0.2, -0.15) is 0 Å². The van der Waals surface area contributed by atoms with Gasteiger partial charge in [0.1, 0.15) is 11.4 Å². The molecule has 17 heavy (non-hydrogen) atoms. The summed E-state index contributed by atoms with van der Waals surface area (Å²) < 4.78 is 5.74. The van der Waals surface area contributed by atoms with Crippen LogP contribution in [0.5, 0.6) is 0 Å². The largest absolute Gasteiger partial charge is 0.384 e. The summed E-state index contributed by atoms with van der Waals surface area (Å²) in [6, 6.07) is 1.79. The van der Waals surface area contributed by atoms with E-state index in [9.17, 15) is 0 Å². The lowest BCUT2D eigenvalue weighted by atomic mass is 9.79. The molecule has 1 aliphatic carbocycles. The molecule has 1 saturated carbocycles. The zero-order chi connectivity index (χ0) is 12.5. The number of nitrogens with two attached hydrogens (primary N) is 1. The second-order valence-electron chi connectivity index (χ2n) is 5.14. The fourth-order valence-corrected chi connectivity index (χ4v) is 2.54. The maximum absolute atomic E-state index is 5.80. The molecule has 0 amide bonds. The summed E-state index contributed by atoms with van der Waals surface area (Å²) in [6.07, 6.45) is 4.28. The van der Waals surface area contributed by atoms with Gasteiger partial charge in [0.15, 0.2) is 5.82 Å². The van der Waals surface area contributed by atoms with Crippen molar-refractivity contribution in [2.45, 2.75) is 45.1 Å². The summed E-state index contributed by atoms with van der Waals surface area (Å²) in [5.74, 6) is 2.05.